The molecule has 0 spiro atoms. The van der Waals surface area contributed by atoms with Crippen molar-refractivity contribution in [2.45, 2.75) is 25.7 Å². The first-order chi connectivity index (χ1) is 11.8. The van der Waals surface area contributed by atoms with Crippen LogP contribution in [-0.4, -0.2) is 30.0 Å². The molecule has 1 fully saturated rings. The molecule has 1 N–H and O–H groups in total. The van der Waals surface area contributed by atoms with Crippen LogP contribution in [0.15, 0.2) is 29.1 Å². The van der Waals surface area contributed by atoms with E-state index in [9.17, 15) is 23.3 Å². The molecule has 2 aromatic rings. The molecule has 1 aromatic heterocycles. The number of aromatic nitrogens is 1. The molecule has 1 aromatic carbocycles. The van der Waals surface area contributed by atoms with E-state index >= 15 is 0 Å². The van der Waals surface area contributed by atoms with Crippen LogP contribution in [-0.2, 0) is 10.0 Å². The number of nitro groups is 1. The fourth-order valence-corrected chi connectivity index (χ4v) is 3.12. The molecule has 1 saturated carbocycles. The molecule has 0 bridgehead atoms. The van der Waals surface area contributed by atoms with Crippen molar-refractivity contribution in [2.75, 3.05) is 10.5 Å². The van der Waals surface area contributed by atoms with Crippen molar-refractivity contribution in [2.24, 2.45) is 0 Å². The van der Waals surface area contributed by atoms with Gasteiger partial charge >= 0.3 is 0 Å². The zero-order valence-corrected chi connectivity index (χ0v) is 14.1. The van der Waals surface area contributed by atoms with Gasteiger partial charge in [-0.05, 0) is 31.7 Å². The lowest BCUT2D eigenvalue weighted by atomic mass is 9.98. The smallest absolute Gasteiger partial charge is 0.275 e. The van der Waals surface area contributed by atoms with E-state index in [-0.39, 0.29) is 34.2 Å². The molecule has 0 atom stereocenters. The number of hydrogen-bond donors (Lipinski definition) is 1. The summed E-state index contributed by atoms with van der Waals surface area (Å²) in [5.41, 5.74) is 0.284. The molecule has 1 heterocycles. The predicted molar refractivity (Wildman–Crippen MR) is 88.1 cm³/mol. The zero-order valence-electron chi connectivity index (χ0n) is 13.3. The Hall–Kier alpha value is -2.75. The molecule has 9 nitrogen and oxygen atoms in total. The quantitative estimate of drug-likeness (QED) is 0.452. The summed E-state index contributed by atoms with van der Waals surface area (Å²) >= 11 is 0. The number of nitrogens with zero attached hydrogens (tertiary/aromatic N) is 2. The highest BCUT2D eigenvalue weighted by atomic mass is 32.2. The van der Waals surface area contributed by atoms with Crippen LogP contribution in [0.4, 0.5) is 11.4 Å². The maximum absolute atomic E-state index is 12.7. The van der Waals surface area contributed by atoms with Gasteiger partial charge in [0.2, 0.25) is 10.0 Å². The first kappa shape index (κ1) is 17.1. The summed E-state index contributed by atoms with van der Waals surface area (Å²) in [6, 6.07) is 2.51. The van der Waals surface area contributed by atoms with Gasteiger partial charge < -0.3 is 4.52 Å². The molecule has 0 aliphatic heterocycles. The second kappa shape index (κ2) is 6.28. The highest BCUT2D eigenvalue weighted by molar-refractivity contribution is 7.92. The Balaban J connectivity index is 2.17. The summed E-state index contributed by atoms with van der Waals surface area (Å²) in [5.74, 6) is -0.746. The number of benzene rings is 1. The zero-order chi connectivity index (χ0) is 18.2. The molecule has 1 aliphatic carbocycles. The average Bonchev–Trinajstić information content (AvgIpc) is 3.27. The minimum absolute atomic E-state index is 0.00579. The van der Waals surface area contributed by atoms with Crippen LogP contribution in [0.3, 0.4) is 0 Å². The number of rotatable bonds is 7. The largest absolute Gasteiger partial charge is 0.364 e. The monoisotopic (exact) mass is 365 g/mol. The maximum atomic E-state index is 12.7. The fourth-order valence-electron chi connectivity index (χ4n) is 2.47. The summed E-state index contributed by atoms with van der Waals surface area (Å²) < 4.78 is 30.7. The molecule has 0 unspecified atom stereocenters. The van der Waals surface area contributed by atoms with Crippen LogP contribution in [0.25, 0.3) is 0 Å². The van der Waals surface area contributed by atoms with Crippen LogP contribution >= 0.6 is 0 Å². The molecule has 3 rings (SSSR count). The molecule has 0 amide bonds. The number of carbonyl (C=O) groups is 1. The third kappa shape index (κ3) is 3.53. The van der Waals surface area contributed by atoms with Crippen molar-refractivity contribution in [1.29, 1.82) is 0 Å². The van der Waals surface area contributed by atoms with Gasteiger partial charge in [-0.2, -0.15) is 0 Å². The lowest BCUT2D eigenvalue weighted by molar-refractivity contribution is -0.385. The second-order valence-electron chi connectivity index (χ2n) is 5.74. The number of carbonyl (C=O) groups excluding carboxylic acids is 1. The van der Waals surface area contributed by atoms with E-state index in [1.54, 1.807) is 0 Å². The van der Waals surface area contributed by atoms with E-state index in [4.69, 9.17) is 0 Å². The summed E-state index contributed by atoms with van der Waals surface area (Å²) in [4.78, 5) is 23.5. The Labute approximate surface area is 143 Å². The van der Waals surface area contributed by atoms with Gasteiger partial charge in [-0.25, -0.2) is 8.42 Å². The highest BCUT2D eigenvalue weighted by Gasteiger charge is 2.33. The van der Waals surface area contributed by atoms with Crippen molar-refractivity contribution in [3.8, 4) is 0 Å². The topological polar surface area (TPSA) is 132 Å². The van der Waals surface area contributed by atoms with Crippen molar-refractivity contribution < 1.29 is 22.7 Å². The number of nitrogens with one attached hydrogen (secondary N) is 1. The van der Waals surface area contributed by atoms with Crippen LogP contribution in [0.1, 0.15) is 47.2 Å². The first-order valence-electron chi connectivity index (χ1n) is 7.59. The van der Waals surface area contributed by atoms with Crippen LogP contribution in [0.5, 0.6) is 0 Å². The predicted octanol–water partition coefficient (Wildman–Crippen LogP) is 2.45. The van der Waals surface area contributed by atoms with Gasteiger partial charge in [0.25, 0.3) is 5.69 Å². The summed E-state index contributed by atoms with van der Waals surface area (Å²) in [7, 11) is -3.72. The molecule has 0 saturated heterocycles. The van der Waals surface area contributed by atoms with Crippen LogP contribution in [0.2, 0.25) is 0 Å². The van der Waals surface area contributed by atoms with Gasteiger partial charge in [-0.15, -0.1) is 0 Å². The van der Waals surface area contributed by atoms with Gasteiger partial charge in [0.15, 0.2) is 5.78 Å². The standard InChI is InChI=1S/C15H15N3O6S/c1-2-25(22,23)17-13-6-14(18(20)21)11(9-3-4-9)5-12(13)15(19)10-7-16-24-8-10/h5-9,17H,2-4H2,1H3. The van der Waals surface area contributed by atoms with E-state index in [0.29, 0.717) is 5.56 Å². The van der Waals surface area contributed by atoms with E-state index in [2.05, 4.69) is 14.4 Å². The maximum Gasteiger partial charge on any atom is 0.275 e. The van der Waals surface area contributed by atoms with Gasteiger partial charge in [-0.1, -0.05) is 5.16 Å². The molecular weight excluding hydrogens is 350 g/mol. The first-order valence-corrected chi connectivity index (χ1v) is 9.24. The van der Waals surface area contributed by atoms with Crippen molar-refractivity contribution >= 4 is 27.2 Å². The summed E-state index contributed by atoms with van der Waals surface area (Å²) in [6.07, 6.45) is 3.93. The molecule has 10 heteroatoms. The van der Waals surface area contributed by atoms with Crippen molar-refractivity contribution in [1.82, 2.24) is 5.16 Å². The fraction of sp³-hybridized carbons (Fsp3) is 0.333. The van der Waals surface area contributed by atoms with Gasteiger partial charge in [-0.3, -0.25) is 19.6 Å². The number of anilines is 1. The summed E-state index contributed by atoms with van der Waals surface area (Å²) in [6.45, 7) is 1.43. The average molecular weight is 365 g/mol. The normalized spacial score (nSPS) is 14.3. The molecule has 0 radical (unpaired) electrons. The van der Waals surface area contributed by atoms with Gasteiger partial charge in [0.05, 0.1) is 28.1 Å². The number of ketones is 1. The number of nitro benzene ring substituents is 1. The third-order valence-electron chi connectivity index (χ3n) is 3.97. The third-order valence-corrected chi connectivity index (χ3v) is 5.26. The molecule has 25 heavy (non-hydrogen) atoms. The Bertz CT molecular complexity index is 932. The lowest BCUT2D eigenvalue weighted by Crippen LogP contribution is -2.18. The Morgan fingerprint density at radius 3 is 2.68 bits per heavy atom. The number of hydrogen-bond acceptors (Lipinski definition) is 7. The minimum Gasteiger partial charge on any atom is -0.364 e. The summed E-state index contributed by atoms with van der Waals surface area (Å²) in [5, 5.41) is 14.8. The molecular formula is C15H15N3O6S. The Kier molecular flexibility index (Phi) is 4.29. The van der Waals surface area contributed by atoms with E-state index < -0.39 is 20.7 Å². The number of sulfonamides is 1. The van der Waals surface area contributed by atoms with E-state index in [0.717, 1.165) is 25.2 Å². The van der Waals surface area contributed by atoms with E-state index in [1.807, 2.05) is 0 Å². The Morgan fingerprint density at radius 2 is 2.16 bits per heavy atom. The van der Waals surface area contributed by atoms with Crippen LogP contribution in [0, 0.1) is 10.1 Å². The minimum atomic E-state index is -3.72. The van der Waals surface area contributed by atoms with Crippen molar-refractivity contribution in [3.63, 3.8) is 0 Å². The SMILES string of the molecule is CCS(=O)(=O)Nc1cc([N+](=O)[O-])c(C2CC2)cc1C(=O)c1cnoc1. The molecule has 132 valence electrons. The van der Waals surface area contributed by atoms with E-state index in [1.165, 1.54) is 19.2 Å². The van der Waals surface area contributed by atoms with Gasteiger partial charge in [0.1, 0.15) is 6.26 Å². The van der Waals surface area contributed by atoms with Gasteiger partial charge in [0, 0.05) is 17.2 Å². The Morgan fingerprint density at radius 1 is 1.44 bits per heavy atom. The lowest BCUT2D eigenvalue weighted by Gasteiger charge is -2.13. The second-order valence-corrected chi connectivity index (χ2v) is 7.75. The van der Waals surface area contributed by atoms with Crippen molar-refractivity contribution in [3.05, 3.63) is 51.4 Å². The van der Waals surface area contributed by atoms with Crippen LogP contribution < -0.4 is 4.72 Å². The highest BCUT2D eigenvalue weighted by Crippen LogP contribution is 2.46. The molecule has 1 aliphatic rings.